The van der Waals surface area contributed by atoms with Gasteiger partial charge >= 0.3 is 0 Å². The number of nitrogens with one attached hydrogen (secondary N) is 1. The summed E-state index contributed by atoms with van der Waals surface area (Å²) in [7, 11) is 0. The van der Waals surface area contributed by atoms with E-state index in [9.17, 15) is 0 Å². The first-order valence-electron chi connectivity index (χ1n) is 5.47. The van der Waals surface area contributed by atoms with Gasteiger partial charge in [-0.3, -0.25) is 5.32 Å². The smallest absolute Gasteiger partial charge is 0.0796 e. The van der Waals surface area contributed by atoms with Gasteiger partial charge in [0.1, 0.15) is 0 Å². The second-order valence-electron chi connectivity index (χ2n) is 3.73. The molecule has 2 heteroatoms. The number of anilines is 1. The van der Waals surface area contributed by atoms with Crippen molar-refractivity contribution < 1.29 is 0 Å². The maximum absolute atomic E-state index is 3.53. The van der Waals surface area contributed by atoms with Crippen LogP contribution in [0, 0.1) is 0 Å². The van der Waals surface area contributed by atoms with Crippen LogP contribution < -0.4 is 10.2 Å². The lowest BCUT2D eigenvalue weighted by Crippen LogP contribution is -2.41. The molecular weight excluding hydrogens is 172 g/mol. The molecule has 0 saturated carbocycles. The Morgan fingerprint density at radius 1 is 1.36 bits per heavy atom. The minimum absolute atomic E-state index is 0.544. The summed E-state index contributed by atoms with van der Waals surface area (Å²) in [5.41, 5.74) is 1.33. The lowest BCUT2D eigenvalue weighted by atomic mass is 10.2. The van der Waals surface area contributed by atoms with E-state index in [1.165, 1.54) is 18.5 Å². The fraction of sp³-hybridized carbons (Fsp3) is 0.500. The lowest BCUT2D eigenvalue weighted by molar-refractivity contribution is 0.568. The van der Waals surface area contributed by atoms with Gasteiger partial charge in [0.15, 0.2) is 0 Å². The number of para-hydroxylation sites is 1. The first-order valence-corrected chi connectivity index (χ1v) is 5.47. The highest BCUT2D eigenvalue weighted by Gasteiger charge is 2.20. The van der Waals surface area contributed by atoms with Crippen LogP contribution in [0.5, 0.6) is 0 Å². The van der Waals surface area contributed by atoms with Crippen LogP contribution in [0.1, 0.15) is 19.8 Å². The predicted molar refractivity (Wildman–Crippen MR) is 60.5 cm³/mol. The highest BCUT2D eigenvalue weighted by atomic mass is 15.3. The molecule has 1 fully saturated rings. The Hall–Kier alpha value is -1.02. The minimum Gasteiger partial charge on any atom is -0.356 e. The van der Waals surface area contributed by atoms with Crippen LogP contribution >= 0.6 is 0 Å². The SMILES string of the molecule is CCN(c1ccccc1)C1CCCN1. The van der Waals surface area contributed by atoms with Gasteiger partial charge in [-0.25, -0.2) is 0 Å². The molecule has 0 aromatic heterocycles. The Morgan fingerprint density at radius 2 is 2.14 bits per heavy atom. The van der Waals surface area contributed by atoms with Gasteiger partial charge in [0.25, 0.3) is 0 Å². The Bertz CT molecular complexity index is 265. The Kier molecular flexibility index (Phi) is 3.04. The van der Waals surface area contributed by atoms with Crippen LogP contribution in [0.2, 0.25) is 0 Å². The van der Waals surface area contributed by atoms with Crippen LogP contribution in [0.15, 0.2) is 30.3 Å². The first-order chi connectivity index (χ1) is 6.92. The van der Waals surface area contributed by atoms with E-state index < -0.39 is 0 Å². The molecule has 1 saturated heterocycles. The summed E-state index contributed by atoms with van der Waals surface area (Å²) < 4.78 is 0. The molecule has 2 rings (SSSR count). The molecule has 2 nitrogen and oxygen atoms in total. The van der Waals surface area contributed by atoms with E-state index in [0.29, 0.717) is 6.17 Å². The fourth-order valence-electron chi connectivity index (χ4n) is 2.13. The highest BCUT2D eigenvalue weighted by Crippen LogP contribution is 2.19. The number of benzene rings is 1. The van der Waals surface area contributed by atoms with E-state index in [1.54, 1.807) is 0 Å². The fourth-order valence-corrected chi connectivity index (χ4v) is 2.13. The third-order valence-electron chi connectivity index (χ3n) is 2.84. The van der Waals surface area contributed by atoms with Gasteiger partial charge in [-0.15, -0.1) is 0 Å². The Balaban J connectivity index is 2.12. The monoisotopic (exact) mass is 190 g/mol. The van der Waals surface area contributed by atoms with Crippen molar-refractivity contribution >= 4 is 5.69 Å². The average molecular weight is 190 g/mol. The second-order valence-corrected chi connectivity index (χ2v) is 3.73. The summed E-state index contributed by atoms with van der Waals surface area (Å²) in [5, 5.41) is 3.53. The normalized spacial score (nSPS) is 21.1. The summed E-state index contributed by atoms with van der Waals surface area (Å²) in [6.45, 7) is 4.45. The van der Waals surface area contributed by atoms with Gasteiger partial charge < -0.3 is 4.90 Å². The van der Waals surface area contributed by atoms with Crippen molar-refractivity contribution in [2.75, 3.05) is 18.0 Å². The van der Waals surface area contributed by atoms with Gasteiger partial charge in [0.05, 0.1) is 6.17 Å². The van der Waals surface area contributed by atoms with Crippen molar-refractivity contribution in [1.82, 2.24) is 5.32 Å². The molecular formula is C12H18N2. The van der Waals surface area contributed by atoms with E-state index in [0.717, 1.165) is 13.1 Å². The van der Waals surface area contributed by atoms with Crippen molar-refractivity contribution in [1.29, 1.82) is 0 Å². The Labute approximate surface area is 85.9 Å². The number of hydrogen-bond acceptors (Lipinski definition) is 2. The van der Waals surface area contributed by atoms with Crippen molar-refractivity contribution in [3.63, 3.8) is 0 Å². The zero-order valence-corrected chi connectivity index (χ0v) is 8.74. The molecule has 1 aromatic carbocycles. The van der Waals surface area contributed by atoms with Crippen molar-refractivity contribution in [3.05, 3.63) is 30.3 Å². The van der Waals surface area contributed by atoms with E-state index in [2.05, 4.69) is 47.5 Å². The van der Waals surface area contributed by atoms with E-state index >= 15 is 0 Å². The van der Waals surface area contributed by atoms with Gasteiger partial charge in [0, 0.05) is 12.2 Å². The molecule has 0 spiro atoms. The lowest BCUT2D eigenvalue weighted by Gasteiger charge is -2.29. The Morgan fingerprint density at radius 3 is 2.71 bits per heavy atom. The summed E-state index contributed by atoms with van der Waals surface area (Å²) >= 11 is 0. The minimum atomic E-state index is 0.544. The summed E-state index contributed by atoms with van der Waals surface area (Å²) in [6, 6.07) is 10.6. The maximum Gasteiger partial charge on any atom is 0.0796 e. The third-order valence-corrected chi connectivity index (χ3v) is 2.84. The standard InChI is InChI=1S/C12H18N2/c1-2-14(12-9-6-10-13-12)11-7-4-3-5-8-11/h3-5,7-8,12-13H,2,6,9-10H2,1H3. The first kappa shape index (κ1) is 9.53. The number of nitrogens with zero attached hydrogens (tertiary/aromatic N) is 1. The summed E-state index contributed by atoms with van der Waals surface area (Å²) in [6.07, 6.45) is 3.11. The summed E-state index contributed by atoms with van der Waals surface area (Å²) in [4.78, 5) is 2.44. The quantitative estimate of drug-likeness (QED) is 0.786. The molecule has 1 N–H and O–H groups in total. The van der Waals surface area contributed by atoms with Crippen LogP contribution in [0.4, 0.5) is 5.69 Å². The molecule has 1 heterocycles. The predicted octanol–water partition coefficient (Wildman–Crippen LogP) is 2.22. The molecule has 14 heavy (non-hydrogen) atoms. The molecule has 0 amide bonds. The van der Waals surface area contributed by atoms with Crippen molar-refractivity contribution in [2.24, 2.45) is 0 Å². The molecule has 76 valence electrons. The molecule has 1 atom stereocenters. The van der Waals surface area contributed by atoms with E-state index in [1.807, 2.05) is 0 Å². The van der Waals surface area contributed by atoms with Gasteiger partial charge in [-0.2, -0.15) is 0 Å². The molecule has 1 aliphatic heterocycles. The zero-order chi connectivity index (χ0) is 9.80. The molecule has 0 radical (unpaired) electrons. The van der Waals surface area contributed by atoms with Gasteiger partial charge in [-0.05, 0) is 38.4 Å². The van der Waals surface area contributed by atoms with Crippen LogP contribution in [0.25, 0.3) is 0 Å². The topological polar surface area (TPSA) is 15.3 Å². The highest BCUT2D eigenvalue weighted by molar-refractivity contribution is 5.46. The molecule has 1 unspecified atom stereocenters. The average Bonchev–Trinajstić information content (AvgIpc) is 2.74. The molecule has 0 bridgehead atoms. The van der Waals surface area contributed by atoms with Gasteiger partial charge in [0.2, 0.25) is 0 Å². The second kappa shape index (κ2) is 4.47. The van der Waals surface area contributed by atoms with Crippen LogP contribution in [-0.2, 0) is 0 Å². The molecule has 0 aliphatic carbocycles. The van der Waals surface area contributed by atoms with Crippen LogP contribution in [-0.4, -0.2) is 19.3 Å². The zero-order valence-electron chi connectivity index (χ0n) is 8.74. The van der Waals surface area contributed by atoms with Crippen molar-refractivity contribution in [3.8, 4) is 0 Å². The van der Waals surface area contributed by atoms with E-state index in [-0.39, 0.29) is 0 Å². The molecule has 1 aromatic rings. The van der Waals surface area contributed by atoms with Gasteiger partial charge in [-0.1, -0.05) is 18.2 Å². The molecule has 1 aliphatic rings. The largest absolute Gasteiger partial charge is 0.356 e. The summed E-state index contributed by atoms with van der Waals surface area (Å²) in [5.74, 6) is 0. The van der Waals surface area contributed by atoms with Crippen LogP contribution in [0.3, 0.4) is 0 Å². The maximum atomic E-state index is 3.53. The number of hydrogen-bond donors (Lipinski definition) is 1. The van der Waals surface area contributed by atoms with Crippen molar-refractivity contribution in [2.45, 2.75) is 25.9 Å². The third kappa shape index (κ3) is 1.90. The number of rotatable bonds is 3. The van der Waals surface area contributed by atoms with E-state index in [4.69, 9.17) is 0 Å².